The van der Waals surface area contributed by atoms with Gasteiger partial charge in [0.1, 0.15) is 0 Å². The zero-order valence-corrected chi connectivity index (χ0v) is 10.1. The van der Waals surface area contributed by atoms with Crippen LogP contribution in [0.2, 0.25) is 0 Å². The molecule has 0 heterocycles. The van der Waals surface area contributed by atoms with Crippen molar-refractivity contribution in [2.75, 3.05) is 0 Å². The fourth-order valence-electron chi connectivity index (χ4n) is 1.05. The van der Waals surface area contributed by atoms with E-state index < -0.39 is 27.0 Å². The maximum atomic E-state index is 11.0. The third kappa shape index (κ3) is 2.65. The molecule has 0 N–H and O–H groups in total. The van der Waals surface area contributed by atoms with Gasteiger partial charge in [-0.3, -0.25) is 20.2 Å². The summed E-state index contributed by atoms with van der Waals surface area (Å²) < 4.78 is 0. The summed E-state index contributed by atoms with van der Waals surface area (Å²) in [5, 5.41) is 31.8. The predicted octanol–water partition coefficient (Wildman–Crippen LogP) is -2.11. The number of nitro benzene ring substituents is 2. The van der Waals surface area contributed by atoms with Crippen LogP contribution in [0.15, 0.2) is 12.1 Å². The van der Waals surface area contributed by atoms with Gasteiger partial charge in [0.25, 0.3) is 0 Å². The molecule has 0 saturated heterocycles. The first-order valence-corrected chi connectivity index (χ1v) is 3.54. The first kappa shape index (κ1) is 13.8. The minimum Gasteiger partial charge on any atom is -0.872 e. The van der Waals surface area contributed by atoms with Crippen molar-refractivity contribution in [1.29, 1.82) is 0 Å². The van der Waals surface area contributed by atoms with Crippen molar-refractivity contribution in [2.45, 2.75) is 6.92 Å². The molecule has 0 aliphatic rings. The van der Waals surface area contributed by atoms with Gasteiger partial charge >= 0.3 is 40.9 Å². The van der Waals surface area contributed by atoms with E-state index in [0.717, 1.165) is 12.1 Å². The molecule has 7 nitrogen and oxygen atoms in total. The van der Waals surface area contributed by atoms with E-state index in [4.69, 9.17) is 0 Å². The van der Waals surface area contributed by atoms with Crippen LogP contribution in [-0.4, -0.2) is 9.85 Å². The second-order valence-corrected chi connectivity index (χ2v) is 2.57. The molecule has 0 spiro atoms. The Balaban J connectivity index is 0.00000196. The fraction of sp³-hybridized carbons (Fsp3) is 0.143. The van der Waals surface area contributed by atoms with Crippen LogP contribution in [0.5, 0.6) is 5.75 Å². The molecule has 0 saturated carbocycles. The quantitative estimate of drug-likeness (QED) is 0.322. The van der Waals surface area contributed by atoms with Gasteiger partial charge in [0.05, 0.1) is 9.85 Å². The van der Waals surface area contributed by atoms with Gasteiger partial charge in [0.15, 0.2) is 0 Å². The normalized spacial score (nSPS) is 9.13. The molecule has 1 rings (SSSR count). The van der Waals surface area contributed by atoms with Gasteiger partial charge in [-0.05, 0) is 6.92 Å². The Morgan fingerprint density at radius 2 is 1.67 bits per heavy atom. The van der Waals surface area contributed by atoms with Crippen molar-refractivity contribution in [2.24, 2.45) is 0 Å². The Kier molecular flexibility index (Phi) is 4.66. The number of hydrogen-bond acceptors (Lipinski definition) is 5. The maximum absolute atomic E-state index is 11.0. The van der Waals surface area contributed by atoms with E-state index in [1.54, 1.807) is 0 Å². The number of hydrogen-bond donors (Lipinski definition) is 0. The summed E-state index contributed by atoms with van der Waals surface area (Å²) in [5.41, 5.74) is -1.61. The maximum Gasteiger partial charge on any atom is 1.00 e. The van der Waals surface area contributed by atoms with Gasteiger partial charge in [0.2, 0.25) is 0 Å². The van der Waals surface area contributed by atoms with Gasteiger partial charge in [0, 0.05) is 11.6 Å². The van der Waals surface area contributed by atoms with Crippen LogP contribution in [0.25, 0.3) is 0 Å². The smallest absolute Gasteiger partial charge is 0.872 e. The zero-order chi connectivity index (χ0) is 10.9. The first-order valence-electron chi connectivity index (χ1n) is 3.54. The number of benzene rings is 1. The monoisotopic (exact) mass is 220 g/mol. The molecule has 0 amide bonds. The van der Waals surface area contributed by atoms with Crippen molar-refractivity contribution in [3.05, 3.63) is 37.9 Å². The Bertz CT molecular complexity index is 420. The van der Waals surface area contributed by atoms with Gasteiger partial charge < -0.3 is 5.11 Å². The van der Waals surface area contributed by atoms with Crippen molar-refractivity contribution >= 4 is 11.4 Å². The zero-order valence-electron chi connectivity index (χ0n) is 8.09. The summed E-state index contributed by atoms with van der Waals surface area (Å²) >= 11 is 0. The van der Waals surface area contributed by atoms with E-state index in [9.17, 15) is 25.3 Å². The molecular formula is C7H5N2NaO5. The largest absolute Gasteiger partial charge is 1.00 e. The summed E-state index contributed by atoms with van der Waals surface area (Å²) in [6, 6.07) is 1.79. The molecule has 0 atom stereocenters. The van der Waals surface area contributed by atoms with E-state index in [2.05, 4.69) is 0 Å². The molecule has 0 aliphatic heterocycles. The van der Waals surface area contributed by atoms with Crippen LogP contribution < -0.4 is 34.7 Å². The van der Waals surface area contributed by atoms with Crippen molar-refractivity contribution < 1.29 is 44.5 Å². The van der Waals surface area contributed by atoms with Gasteiger partial charge in [-0.25, -0.2) is 0 Å². The number of rotatable bonds is 2. The van der Waals surface area contributed by atoms with Crippen LogP contribution in [-0.2, 0) is 0 Å². The number of nitro groups is 2. The summed E-state index contributed by atoms with van der Waals surface area (Å²) in [6.07, 6.45) is 0. The third-order valence-corrected chi connectivity index (χ3v) is 1.74. The Morgan fingerprint density at radius 1 is 1.13 bits per heavy atom. The van der Waals surface area contributed by atoms with Gasteiger partial charge in [-0.2, -0.15) is 0 Å². The summed E-state index contributed by atoms with van der Waals surface area (Å²) in [6.45, 7) is 1.19. The van der Waals surface area contributed by atoms with Crippen LogP contribution in [0.3, 0.4) is 0 Å². The van der Waals surface area contributed by atoms with E-state index in [0.29, 0.717) is 0 Å². The van der Waals surface area contributed by atoms with Crippen molar-refractivity contribution in [1.82, 2.24) is 0 Å². The summed E-state index contributed by atoms with van der Waals surface area (Å²) in [4.78, 5) is 19.0. The molecular weight excluding hydrogens is 215 g/mol. The van der Waals surface area contributed by atoms with E-state index >= 15 is 0 Å². The van der Waals surface area contributed by atoms with E-state index in [1.807, 2.05) is 0 Å². The minimum atomic E-state index is -0.922. The third-order valence-electron chi connectivity index (χ3n) is 1.74. The Labute approximate surface area is 106 Å². The molecule has 0 aromatic heterocycles. The van der Waals surface area contributed by atoms with Crippen LogP contribution >= 0.6 is 0 Å². The standard InChI is InChI=1S/C7H6N2O5.Na/c1-4-6(10)3-2-5(8(11)12)7(4)9(13)14;/h2-3,10H,1H3;/q;+1/p-1. The SMILES string of the molecule is Cc1c([O-])ccc([N+](=O)[O-])c1[N+](=O)[O-].[Na+]. The molecule has 8 heteroatoms. The second kappa shape index (κ2) is 5.06. The van der Waals surface area contributed by atoms with Gasteiger partial charge in [-0.1, -0.05) is 11.8 Å². The molecule has 1 aromatic rings. The van der Waals surface area contributed by atoms with Crippen LogP contribution in [0.4, 0.5) is 11.4 Å². The average Bonchev–Trinajstić information content (AvgIpc) is 2.08. The Hall–Kier alpha value is -1.18. The molecule has 0 radical (unpaired) electrons. The fourth-order valence-corrected chi connectivity index (χ4v) is 1.05. The molecule has 0 aliphatic carbocycles. The molecule has 0 fully saturated rings. The van der Waals surface area contributed by atoms with E-state index in [1.165, 1.54) is 6.92 Å². The molecule has 0 unspecified atom stereocenters. The summed E-state index contributed by atoms with van der Waals surface area (Å²) in [5.74, 6) is -0.581. The van der Waals surface area contributed by atoms with Crippen LogP contribution in [0.1, 0.15) is 5.56 Å². The van der Waals surface area contributed by atoms with Crippen molar-refractivity contribution in [3.63, 3.8) is 0 Å². The Morgan fingerprint density at radius 3 is 2.07 bits per heavy atom. The summed E-state index contributed by atoms with van der Waals surface area (Å²) in [7, 11) is 0. The topological polar surface area (TPSA) is 109 Å². The second-order valence-electron chi connectivity index (χ2n) is 2.57. The molecule has 0 bridgehead atoms. The average molecular weight is 220 g/mol. The van der Waals surface area contributed by atoms with Crippen molar-refractivity contribution in [3.8, 4) is 5.75 Å². The molecule has 15 heavy (non-hydrogen) atoms. The van der Waals surface area contributed by atoms with Crippen LogP contribution in [0, 0.1) is 27.2 Å². The van der Waals surface area contributed by atoms with E-state index in [-0.39, 0.29) is 35.1 Å². The van der Waals surface area contributed by atoms with Gasteiger partial charge in [-0.15, -0.1) is 0 Å². The first-order chi connectivity index (χ1) is 6.45. The predicted molar refractivity (Wildman–Crippen MR) is 43.9 cm³/mol. The molecule has 74 valence electrons. The number of nitrogens with zero attached hydrogens (tertiary/aromatic N) is 2. The molecule has 1 aromatic carbocycles. The minimum absolute atomic E-state index is 0.